The molecule has 26 heavy (non-hydrogen) atoms. The zero-order chi connectivity index (χ0) is 18.5. The normalized spacial score (nSPS) is 11.8. The van der Waals surface area contributed by atoms with E-state index in [9.17, 15) is 0 Å². The molecule has 1 nitrogen and oxygen atoms in total. The van der Waals surface area contributed by atoms with Crippen molar-refractivity contribution in [1.82, 2.24) is 0 Å². The van der Waals surface area contributed by atoms with Gasteiger partial charge in [-0.05, 0) is 48.7 Å². The van der Waals surface area contributed by atoms with Crippen molar-refractivity contribution in [3.05, 3.63) is 54.1 Å². The number of ether oxygens (including phenoxy) is 1. The van der Waals surface area contributed by atoms with E-state index in [1.54, 1.807) is 0 Å². The molecule has 0 bridgehead atoms. The maximum atomic E-state index is 5.90. The molecule has 0 unspecified atom stereocenters. The van der Waals surface area contributed by atoms with Gasteiger partial charge in [0.15, 0.2) is 0 Å². The first kappa shape index (κ1) is 20.6. The van der Waals surface area contributed by atoms with Gasteiger partial charge >= 0.3 is 0 Å². The van der Waals surface area contributed by atoms with E-state index in [2.05, 4.69) is 62.4 Å². The zero-order valence-corrected chi connectivity index (χ0v) is 16.8. The maximum Gasteiger partial charge on any atom is 0.120 e. The van der Waals surface area contributed by atoms with Crippen molar-refractivity contribution in [1.29, 1.82) is 0 Å². The van der Waals surface area contributed by atoms with E-state index in [1.165, 1.54) is 80.6 Å². The number of unbranched alkanes of at least 4 members (excludes halogenated alkanes) is 8. The molecule has 0 aliphatic heterocycles. The van der Waals surface area contributed by atoms with Crippen LogP contribution in [0.3, 0.4) is 0 Å². The van der Waals surface area contributed by atoms with E-state index in [0.29, 0.717) is 6.61 Å². The molecule has 0 radical (unpaired) electrons. The van der Waals surface area contributed by atoms with Crippen LogP contribution in [0.25, 0.3) is 10.8 Å². The molecule has 2 aromatic rings. The van der Waals surface area contributed by atoms with Gasteiger partial charge in [-0.3, -0.25) is 0 Å². The van der Waals surface area contributed by atoms with E-state index in [-0.39, 0.29) is 0 Å². The van der Waals surface area contributed by atoms with Crippen LogP contribution >= 0.6 is 0 Å². The quantitative estimate of drug-likeness (QED) is 0.261. The Morgan fingerprint density at radius 1 is 0.808 bits per heavy atom. The van der Waals surface area contributed by atoms with Gasteiger partial charge in [0.2, 0.25) is 0 Å². The standard InChI is InChI=1S/C25H36O/c1-3-4-5-6-7-8-9-10-11-14-22(2)19-20-26-25-18-17-23-15-12-13-16-24(23)21-25/h12-13,15-19,21H,3-11,14,20H2,1-2H3/b22-19+. The first-order valence-corrected chi connectivity index (χ1v) is 10.6. The van der Waals surface area contributed by atoms with Crippen LogP contribution in [0.15, 0.2) is 54.1 Å². The lowest BCUT2D eigenvalue weighted by Gasteiger charge is -2.06. The zero-order valence-electron chi connectivity index (χ0n) is 16.8. The van der Waals surface area contributed by atoms with Gasteiger partial charge in [0.05, 0.1) is 0 Å². The third-order valence-corrected chi connectivity index (χ3v) is 5.08. The van der Waals surface area contributed by atoms with Crippen LogP contribution in [0.4, 0.5) is 0 Å². The van der Waals surface area contributed by atoms with Crippen LogP contribution < -0.4 is 4.74 Å². The summed E-state index contributed by atoms with van der Waals surface area (Å²) < 4.78 is 5.90. The van der Waals surface area contributed by atoms with E-state index in [4.69, 9.17) is 4.74 Å². The molecular weight excluding hydrogens is 316 g/mol. The van der Waals surface area contributed by atoms with Gasteiger partial charge in [-0.15, -0.1) is 0 Å². The van der Waals surface area contributed by atoms with Crippen molar-refractivity contribution in [3.8, 4) is 5.75 Å². The van der Waals surface area contributed by atoms with Crippen LogP contribution in [-0.2, 0) is 0 Å². The van der Waals surface area contributed by atoms with E-state index < -0.39 is 0 Å². The highest BCUT2D eigenvalue weighted by atomic mass is 16.5. The van der Waals surface area contributed by atoms with Crippen LogP contribution in [0.2, 0.25) is 0 Å². The molecule has 0 saturated heterocycles. The van der Waals surface area contributed by atoms with Crippen LogP contribution in [0.5, 0.6) is 5.75 Å². The molecule has 0 spiro atoms. The molecule has 0 fully saturated rings. The molecule has 2 rings (SSSR count). The van der Waals surface area contributed by atoms with Crippen LogP contribution in [0.1, 0.15) is 78.1 Å². The molecule has 0 aliphatic carbocycles. The van der Waals surface area contributed by atoms with E-state index >= 15 is 0 Å². The Hall–Kier alpha value is -1.76. The van der Waals surface area contributed by atoms with Gasteiger partial charge in [0.25, 0.3) is 0 Å². The predicted molar refractivity (Wildman–Crippen MR) is 115 cm³/mol. The molecule has 0 amide bonds. The Bertz CT molecular complexity index is 656. The molecule has 1 heteroatoms. The summed E-state index contributed by atoms with van der Waals surface area (Å²) in [5.74, 6) is 0.954. The van der Waals surface area contributed by atoms with Crippen LogP contribution in [-0.4, -0.2) is 6.61 Å². The Morgan fingerprint density at radius 3 is 2.19 bits per heavy atom. The monoisotopic (exact) mass is 352 g/mol. The number of hydrogen-bond donors (Lipinski definition) is 0. The summed E-state index contributed by atoms with van der Waals surface area (Å²) in [4.78, 5) is 0. The topological polar surface area (TPSA) is 9.23 Å². The second-order valence-electron chi connectivity index (χ2n) is 7.45. The summed E-state index contributed by atoms with van der Waals surface area (Å²) >= 11 is 0. The third-order valence-electron chi connectivity index (χ3n) is 5.08. The summed E-state index contributed by atoms with van der Waals surface area (Å²) in [6.07, 6.45) is 16.0. The summed E-state index contributed by atoms with van der Waals surface area (Å²) in [5, 5.41) is 2.50. The van der Waals surface area contributed by atoms with Gasteiger partial charge < -0.3 is 4.74 Å². The van der Waals surface area contributed by atoms with Gasteiger partial charge in [0, 0.05) is 0 Å². The number of allylic oxidation sites excluding steroid dienone is 1. The Balaban J connectivity index is 1.56. The minimum atomic E-state index is 0.668. The van der Waals surface area contributed by atoms with Crippen molar-refractivity contribution >= 4 is 10.8 Å². The first-order chi connectivity index (χ1) is 12.8. The van der Waals surface area contributed by atoms with Crippen molar-refractivity contribution in [2.24, 2.45) is 0 Å². The Kier molecular flexibility index (Phi) is 9.94. The minimum absolute atomic E-state index is 0.668. The fourth-order valence-corrected chi connectivity index (χ4v) is 3.35. The maximum absolute atomic E-state index is 5.90. The van der Waals surface area contributed by atoms with Crippen molar-refractivity contribution < 1.29 is 4.74 Å². The average molecular weight is 353 g/mol. The molecule has 0 aliphatic rings. The lowest BCUT2D eigenvalue weighted by atomic mass is 10.0. The highest BCUT2D eigenvalue weighted by molar-refractivity contribution is 5.83. The van der Waals surface area contributed by atoms with Crippen molar-refractivity contribution in [2.45, 2.75) is 78.1 Å². The molecule has 0 saturated carbocycles. The summed E-state index contributed by atoms with van der Waals surface area (Å²) in [6.45, 7) is 5.18. The fourth-order valence-electron chi connectivity index (χ4n) is 3.35. The van der Waals surface area contributed by atoms with E-state index in [0.717, 1.165) is 5.75 Å². The predicted octanol–water partition coefficient (Wildman–Crippen LogP) is 8.09. The molecule has 2 aromatic carbocycles. The van der Waals surface area contributed by atoms with Gasteiger partial charge in [-0.25, -0.2) is 0 Å². The lowest BCUT2D eigenvalue weighted by Crippen LogP contribution is -1.95. The van der Waals surface area contributed by atoms with Gasteiger partial charge in [-0.2, -0.15) is 0 Å². The lowest BCUT2D eigenvalue weighted by molar-refractivity contribution is 0.362. The molecular formula is C25H36O. The highest BCUT2D eigenvalue weighted by Crippen LogP contribution is 2.20. The molecule has 0 aromatic heterocycles. The second kappa shape index (κ2) is 12.6. The van der Waals surface area contributed by atoms with Crippen LogP contribution in [0, 0.1) is 0 Å². The number of rotatable bonds is 13. The Labute approximate surface area is 160 Å². The minimum Gasteiger partial charge on any atom is -0.490 e. The van der Waals surface area contributed by atoms with E-state index in [1.807, 2.05) is 0 Å². The van der Waals surface area contributed by atoms with Crippen molar-refractivity contribution in [2.75, 3.05) is 6.61 Å². The summed E-state index contributed by atoms with van der Waals surface area (Å²) in [7, 11) is 0. The molecule has 0 N–H and O–H groups in total. The number of fused-ring (bicyclic) bond motifs is 1. The summed E-state index contributed by atoms with van der Waals surface area (Å²) in [6, 6.07) is 14.7. The SMILES string of the molecule is CCCCCCCCCCC/C(C)=C/COc1ccc2ccccc2c1. The van der Waals surface area contributed by atoms with Gasteiger partial charge in [0.1, 0.15) is 12.4 Å². The number of hydrogen-bond acceptors (Lipinski definition) is 1. The smallest absolute Gasteiger partial charge is 0.120 e. The van der Waals surface area contributed by atoms with Crippen molar-refractivity contribution in [3.63, 3.8) is 0 Å². The second-order valence-corrected chi connectivity index (χ2v) is 7.45. The highest BCUT2D eigenvalue weighted by Gasteiger charge is 1.97. The fraction of sp³-hybridized carbons (Fsp3) is 0.520. The summed E-state index contributed by atoms with van der Waals surface area (Å²) in [5.41, 5.74) is 1.45. The Morgan fingerprint density at radius 2 is 1.46 bits per heavy atom. The number of benzene rings is 2. The molecule has 0 atom stereocenters. The average Bonchev–Trinajstić information content (AvgIpc) is 2.66. The first-order valence-electron chi connectivity index (χ1n) is 10.6. The van der Waals surface area contributed by atoms with Gasteiger partial charge in [-0.1, -0.05) is 94.2 Å². The third kappa shape index (κ3) is 8.08. The molecule has 0 heterocycles. The largest absolute Gasteiger partial charge is 0.490 e. The molecule has 142 valence electrons.